The molecule has 2 heteroatoms. The molecule has 0 aliphatic rings. The van der Waals surface area contributed by atoms with Gasteiger partial charge in [-0.2, -0.15) is 0 Å². The van der Waals surface area contributed by atoms with Gasteiger partial charge in [-0.25, -0.2) is 0 Å². The van der Waals surface area contributed by atoms with E-state index in [0.717, 1.165) is 18.8 Å². The molecule has 0 fully saturated rings. The van der Waals surface area contributed by atoms with Crippen molar-refractivity contribution in [3.63, 3.8) is 0 Å². The molecule has 16 heavy (non-hydrogen) atoms. The van der Waals surface area contributed by atoms with Gasteiger partial charge in [0.25, 0.3) is 0 Å². The summed E-state index contributed by atoms with van der Waals surface area (Å²) in [5.74, 6) is 0.926. The highest BCUT2D eigenvalue weighted by atomic mass is 16.5. The Bertz CT molecular complexity index is 315. The van der Waals surface area contributed by atoms with Gasteiger partial charge in [0.15, 0.2) is 0 Å². The molecule has 90 valence electrons. The van der Waals surface area contributed by atoms with Gasteiger partial charge in [-0.05, 0) is 36.1 Å². The topological polar surface area (TPSA) is 21.3 Å². The summed E-state index contributed by atoms with van der Waals surface area (Å²) >= 11 is 0. The fraction of sp³-hybridized carbons (Fsp3) is 0.571. The second kappa shape index (κ2) is 5.90. The zero-order valence-corrected chi connectivity index (χ0v) is 10.8. The van der Waals surface area contributed by atoms with Gasteiger partial charge in [0.1, 0.15) is 5.75 Å². The highest BCUT2D eigenvalue weighted by molar-refractivity contribution is 5.28. The maximum Gasteiger partial charge on any atom is 0.119 e. The first-order valence-electron chi connectivity index (χ1n) is 5.85. The maximum absolute atomic E-state index is 5.19. The van der Waals surface area contributed by atoms with Gasteiger partial charge in [-0.3, -0.25) is 0 Å². The van der Waals surface area contributed by atoms with E-state index in [1.165, 1.54) is 12.0 Å². The second-order valence-electron chi connectivity index (χ2n) is 5.34. The predicted octanol–water partition coefficient (Wildman–Crippen LogP) is 3.22. The molecule has 0 saturated carbocycles. The molecule has 0 saturated heterocycles. The van der Waals surface area contributed by atoms with Crippen LogP contribution in [-0.4, -0.2) is 13.7 Å². The van der Waals surface area contributed by atoms with Crippen molar-refractivity contribution >= 4 is 0 Å². The molecule has 0 spiro atoms. The molecule has 0 aliphatic heterocycles. The summed E-state index contributed by atoms with van der Waals surface area (Å²) in [6.45, 7) is 8.76. The Morgan fingerprint density at radius 1 is 1.25 bits per heavy atom. The predicted molar refractivity (Wildman–Crippen MR) is 68.8 cm³/mol. The van der Waals surface area contributed by atoms with Gasteiger partial charge in [0, 0.05) is 6.54 Å². The Labute approximate surface area is 99.0 Å². The van der Waals surface area contributed by atoms with E-state index in [0.29, 0.717) is 5.41 Å². The van der Waals surface area contributed by atoms with E-state index >= 15 is 0 Å². The van der Waals surface area contributed by atoms with Gasteiger partial charge >= 0.3 is 0 Å². The molecule has 2 nitrogen and oxygen atoms in total. The van der Waals surface area contributed by atoms with Crippen LogP contribution in [0.15, 0.2) is 24.3 Å². The van der Waals surface area contributed by atoms with Gasteiger partial charge in [-0.15, -0.1) is 0 Å². The lowest BCUT2D eigenvalue weighted by Gasteiger charge is -2.18. The van der Waals surface area contributed by atoms with Gasteiger partial charge < -0.3 is 10.1 Å². The van der Waals surface area contributed by atoms with Crippen molar-refractivity contribution in [3.05, 3.63) is 29.8 Å². The van der Waals surface area contributed by atoms with E-state index < -0.39 is 0 Å². The molecule has 1 aromatic carbocycles. The average molecular weight is 221 g/mol. The van der Waals surface area contributed by atoms with Crippen LogP contribution >= 0.6 is 0 Å². The molecule has 0 atom stereocenters. The lowest BCUT2D eigenvalue weighted by Crippen LogP contribution is -2.20. The van der Waals surface area contributed by atoms with E-state index in [9.17, 15) is 0 Å². The van der Waals surface area contributed by atoms with Crippen molar-refractivity contribution < 1.29 is 4.74 Å². The summed E-state index contributed by atoms with van der Waals surface area (Å²) < 4.78 is 5.19. The lowest BCUT2D eigenvalue weighted by molar-refractivity contribution is 0.366. The van der Waals surface area contributed by atoms with Crippen LogP contribution in [0.5, 0.6) is 5.75 Å². The maximum atomic E-state index is 5.19. The van der Waals surface area contributed by atoms with Crippen LogP contribution in [0.2, 0.25) is 0 Å². The minimum Gasteiger partial charge on any atom is -0.497 e. The number of methoxy groups -OCH3 is 1. The third kappa shape index (κ3) is 5.17. The summed E-state index contributed by atoms with van der Waals surface area (Å²) in [7, 11) is 1.70. The van der Waals surface area contributed by atoms with Crippen molar-refractivity contribution in [3.8, 4) is 5.75 Å². The van der Waals surface area contributed by atoms with Crippen molar-refractivity contribution in [1.82, 2.24) is 5.32 Å². The zero-order valence-electron chi connectivity index (χ0n) is 10.8. The number of nitrogens with one attached hydrogen (secondary N) is 1. The molecule has 1 N–H and O–H groups in total. The molecular weight excluding hydrogens is 198 g/mol. The Morgan fingerprint density at radius 2 is 2.00 bits per heavy atom. The van der Waals surface area contributed by atoms with E-state index in [-0.39, 0.29) is 0 Å². The quantitative estimate of drug-likeness (QED) is 0.771. The fourth-order valence-electron chi connectivity index (χ4n) is 1.48. The normalized spacial score (nSPS) is 11.5. The third-order valence-corrected chi connectivity index (χ3v) is 2.52. The Morgan fingerprint density at radius 3 is 2.62 bits per heavy atom. The molecule has 1 aromatic rings. The minimum atomic E-state index is 0.404. The Hall–Kier alpha value is -1.02. The van der Waals surface area contributed by atoms with Crippen LogP contribution in [-0.2, 0) is 6.54 Å². The lowest BCUT2D eigenvalue weighted by atomic mass is 9.92. The highest BCUT2D eigenvalue weighted by Gasteiger charge is 2.08. The summed E-state index contributed by atoms with van der Waals surface area (Å²) in [6, 6.07) is 8.19. The zero-order chi connectivity index (χ0) is 12.0. The first-order valence-corrected chi connectivity index (χ1v) is 5.85. The number of hydrogen-bond acceptors (Lipinski definition) is 2. The SMILES string of the molecule is COc1cccc(CNCCC(C)(C)C)c1. The van der Waals surface area contributed by atoms with E-state index in [4.69, 9.17) is 4.74 Å². The number of benzene rings is 1. The molecule has 0 aliphatic carbocycles. The monoisotopic (exact) mass is 221 g/mol. The van der Waals surface area contributed by atoms with Crippen molar-refractivity contribution in [1.29, 1.82) is 0 Å². The second-order valence-corrected chi connectivity index (χ2v) is 5.34. The summed E-state index contributed by atoms with van der Waals surface area (Å²) in [4.78, 5) is 0. The highest BCUT2D eigenvalue weighted by Crippen LogP contribution is 2.17. The van der Waals surface area contributed by atoms with Crippen molar-refractivity contribution in [2.45, 2.75) is 33.7 Å². The third-order valence-electron chi connectivity index (χ3n) is 2.52. The molecule has 1 rings (SSSR count). The van der Waals surface area contributed by atoms with Crippen molar-refractivity contribution in [2.24, 2.45) is 5.41 Å². The number of hydrogen-bond donors (Lipinski definition) is 1. The number of rotatable bonds is 5. The van der Waals surface area contributed by atoms with Gasteiger partial charge in [-0.1, -0.05) is 32.9 Å². The molecule has 0 unspecified atom stereocenters. The smallest absolute Gasteiger partial charge is 0.119 e. The van der Waals surface area contributed by atoms with Gasteiger partial charge in [0.2, 0.25) is 0 Å². The van der Waals surface area contributed by atoms with Crippen LogP contribution in [0.3, 0.4) is 0 Å². The first kappa shape index (κ1) is 13.0. The molecule has 0 aromatic heterocycles. The van der Waals surface area contributed by atoms with E-state index in [2.05, 4.69) is 38.2 Å². The van der Waals surface area contributed by atoms with Crippen LogP contribution in [0.1, 0.15) is 32.8 Å². The first-order chi connectivity index (χ1) is 7.51. The summed E-state index contributed by atoms with van der Waals surface area (Å²) in [6.07, 6.45) is 1.19. The molecule has 0 amide bonds. The number of ether oxygens (including phenoxy) is 1. The Kier molecular flexibility index (Phi) is 4.81. The van der Waals surface area contributed by atoms with Gasteiger partial charge in [0.05, 0.1) is 7.11 Å². The summed E-state index contributed by atoms with van der Waals surface area (Å²) in [5.41, 5.74) is 1.68. The molecule has 0 heterocycles. The van der Waals surface area contributed by atoms with Crippen LogP contribution in [0.25, 0.3) is 0 Å². The van der Waals surface area contributed by atoms with Crippen LogP contribution in [0, 0.1) is 5.41 Å². The molecular formula is C14H23NO. The standard InChI is InChI=1S/C14H23NO/c1-14(2,3)8-9-15-11-12-6-5-7-13(10-12)16-4/h5-7,10,15H,8-9,11H2,1-4H3. The molecule has 0 bridgehead atoms. The van der Waals surface area contributed by atoms with E-state index in [1.807, 2.05) is 12.1 Å². The average Bonchev–Trinajstić information content (AvgIpc) is 2.23. The Balaban J connectivity index is 2.32. The van der Waals surface area contributed by atoms with Crippen LogP contribution < -0.4 is 10.1 Å². The van der Waals surface area contributed by atoms with E-state index in [1.54, 1.807) is 7.11 Å². The minimum absolute atomic E-state index is 0.404. The van der Waals surface area contributed by atoms with Crippen molar-refractivity contribution in [2.75, 3.05) is 13.7 Å². The fourth-order valence-corrected chi connectivity index (χ4v) is 1.48. The molecule has 0 radical (unpaired) electrons. The largest absolute Gasteiger partial charge is 0.497 e. The summed E-state index contributed by atoms with van der Waals surface area (Å²) in [5, 5.41) is 3.45. The van der Waals surface area contributed by atoms with Crippen LogP contribution in [0.4, 0.5) is 0 Å².